The second-order valence-corrected chi connectivity index (χ2v) is 5.09. The summed E-state index contributed by atoms with van der Waals surface area (Å²) < 4.78 is 0. The minimum atomic E-state index is -1.18. The molecular weight excluding hydrogens is 242 g/mol. The van der Waals surface area contributed by atoms with Crippen LogP contribution >= 0.6 is 0 Å². The molecule has 2 rings (SSSR count). The first-order chi connectivity index (χ1) is 9.15. The summed E-state index contributed by atoms with van der Waals surface area (Å²) in [5, 5.41) is 12.1. The highest BCUT2D eigenvalue weighted by molar-refractivity contribution is 6.02. The number of amides is 1. The van der Waals surface area contributed by atoms with Crippen molar-refractivity contribution in [3.05, 3.63) is 35.9 Å². The Morgan fingerprint density at radius 3 is 2.37 bits per heavy atom. The highest BCUT2D eigenvalue weighted by Crippen LogP contribution is 2.38. The number of hydrogen-bond donors (Lipinski definition) is 2. The van der Waals surface area contributed by atoms with Crippen molar-refractivity contribution in [3.63, 3.8) is 0 Å². The Hall–Kier alpha value is -1.84. The van der Waals surface area contributed by atoms with Crippen molar-refractivity contribution in [3.8, 4) is 0 Å². The highest BCUT2D eigenvalue weighted by Gasteiger charge is 2.47. The van der Waals surface area contributed by atoms with Crippen molar-refractivity contribution < 1.29 is 14.7 Å². The van der Waals surface area contributed by atoms with Gasteiger partial charge in [0, 0.05) is 6.54 Å². The third-order valence-electron chi connectivity index (χ3n) is 3.84. The van der Waals surface area contributed by atoms with Gasteiger partial charge in [-0.25, -0.2) is 0 Å². The number of carboxylic acid groups (broad SMARTS) is 1. The van der Waals surface area contributed by atoms with Gasteiger partial charge in [0.25, 0.3) is 0 Å². The highest BCUT2D eigenvalue weighted by atomic mass is 16.4. The molecule has 102 valence electrons. The molecule has 1 aromatic rings. The first-order valence-corrected chi connectivity index (χ1v) is 6.71. The maximum Gasteiger partial charge on any atom is 0.319 e. The summed E-state index contributed by atoms with van der Waals surface area (Å²) in [7, 11) is 0. The van der Waals surface area contributed by atoms with Crippen molar-refractivity contribution >= 4 is 11.9 Å². The number of benzene rings is 1. The zero-order valence-electron chi connectivity index (χ0n) is 10.9. The molecule has 0 aromatic heterocycles. The Kier molecular flexibility index (Phi) is 4.20. The van der Waals surface area contributed by atoms with E-state index < -0.39 is 11.4 Å². The average molecular weight is 261 g/mol. The molecule has 4 heteroatoms. The van der Waals surface area contributed by atoms with Crippen molar-refractivity contribution in [2.75, 3.05) is 6.54 Å². The van der Waals surface area contributed by atoms with Crippen molar-refractivity contribution in [2.24, 2.45) is 5.41 Å². The van der Waals surface area contributed by atoms with Gasteiger partial charge in [0.1, 0.15) is 5.41 Å². The molecule has 0 aliphatic heterocycles. The van der Waals surface area contributed by atoms with Crippen LogP contribution in [0.2, 0.25) is 0 Å². The molecular formula is C15H19NO3. The monoisotopic (exact) mass is 261 g/mol. The second-order valence-electron chi connectivity index (χ2n) is 5.09. The van der Waals surface area contributed by atoms with Crippen molar-refractivity contribution in [2.45, 2.75) is 32.1 Å². The van der Waals surface area contributed by atoms with Gasteiger partial charge < -0.3 is 10.4 Å². The van der Waals surface area contributed by atoms with Gasteiger partial charge in [-0.05, 0) is 24.8 Å². The number of hydrogen-bond acceptors (Lipinski definition) is 2. The van der Waals surface area contributed by atoms with Gasteiger partial charge in [0.2, 0.25) is 5.91 Å². The lowest BCUT2D eigenvalue weighted by Crippen LogP contribution is -2.45. The van der Waals surface area contributed by atoms with E-state index in [0.717, 1.165) is 24.8 Å². The number of nitrogens with one attached hydrogen (secondary N) is 1. The fourth-order valence-corrected chi connectivity index (χ4v) is 2.65. The average Bonchev–Trinajstić information content (AvgIpc) is 2.90. The lowest BCUT2D eigenvalue weighted by atomic mass is 9.85. The first-order valence-electron chi connectivity index (χ1n) is 6.71. The predicted molar refractivity (Wildman–Crippen MR) is 71.7 cm³/mol. The zero-order valence-corrected chi connectivity index (χ0v) is 10.9. The van der Waals surface area contributed by atoms with E-state index in [9.17, 15) is 14.7 Å². The Bertz CT molecular complexity index is 450. The van der Waals surface area contributed by atoms with Crippen LogP contribution in [0.5, 0.6) is 0 Å². The molecule has 19 heavy (non-hydrogen) atoms. The standard InChI is InChI=1S/C15H19NO3/c17-13(15(14(18)19)9-4-5-10-15)16-11-8-12-6-2-1-3-7-12/h1-3,6-7H,4-5,8-11H2,(H,16,17)(H,18,19). The summed E-state index contributed by atoms with van der Waals surface area (Å²) in [6.45, 7) is 0.484. The van der Waals surface area contributed by atoms with Crippen LogP contribution < -0.4 is 5.32 Å². The van der Waals surface area contributed by atoms with Gasteiger partial charge in [-0.3, -0.25) is 9.59 Å². The van der Waals surface area contributed by atoms with Crippen LogP contribution in [0.25, 0.3) is 0 Å². The Morgan fingerprint density at radius 1 is 1.16 bits per heavy atom. The van der Waals surface area contributed by atoms with Crippen LogP contribution in [0.15, 0.2) is 30.3 Å². The van der Waals surface area contributed by atoms with Crippen LogP contribution in [0.1, 0.15) is 31.2 Å². The van der Waals surface area contributed by atoms with Gasteiger partial charge >= 0.3 is 5.97 Å². The predicted octanol–water partition coefficient (Wildman–Crippen LogP) is 1.99. The number of carbonyl (C=O) groups excluding carboxylic acids is 1. The van der Waals surface area contributed by atoms with Crippen molar-refractivity contribution in [1.82, 2.24) is 5.32 Å². The molecule has 0 spiro atoms. The van der Waals surface area contributed by atoms with E-state index >= 15 is 0 Å². The molecule has 1 aliphatic rings. The van der Waals surface area contributed by atoms with Crippen molar-refractivity contribution in [1.29, 1.82) is 0 Å². The summed E-state index contributed by atoms with van der Waals surface area (Å²) in [5.74, 6) is -1.31. The molecule has 4 nitrogen and oxygen atoms in total. The largest absolute Gasteiger partial charge is 0.480 e. The van der Waals surface area contributed by atoms with E-state index in [0.29, 0.717) is 19.4 Å². The topological polar surface area (TPSA) is 66.4 Å². The van der Waals surface area contributed by atoms with Gasteiger partial charge in [-0.2, -0.15) is 0 Å². The quantitative estimate of drug-likeness (QED) is 0.797. The molecule has 1 fully saturated rings. The minimum Gasteiger partial charge on any atom is -0.480 e. The summed E-state index contributed by atoms with van der Waals surface area (Å²) in [6, 6.07) is 9.84. The maximum absolute atomic E-state index is 12.1. The van der Waals surface area contributed by atoms with Crippen LogP contribution in [-0.2, 0) is 16.0 Å². The van der Waals surface area contributed by atoms with Gasteiger partial charge in [-0.15, -0.1) is 0 Å². The molecule has 2 N–H and O–H groups in total. The lowest BCUT2D eigenvalue weighted by molar-refractivity contribution is -0.155. The third-order valence-corrected chi connectivity index (χ3v) is 3.84. The lowest BCUT2D eigenvalue weighted by Gasteiger charge is -2.22. The SMILES string of the molecule is O=C(O)C1(C(=O)NCCc2ccccc2)CCCC1. The van der Waals surface area contributed by atoms with Crippen LogP contribution in [-0.4, -0.2) is 23.5 Å². The van der Waals surface area contributed by atoms with Gasteiger partial charge in [-0.1, -0.05) is 43.2 Å². The number of carboxylic acids is 1. The number of aliphatic carboxylic acids is 1. The second kappa shape index (κ2) is 5.87. The Morgan fingerprint density at radius 2 is 1.79 bits per heavy atom. The van der Waals surface area contributed by atoms with E-state index in [1.165, 1.54) is 0 Å². The van der Waals surface area contributed by atoms with E-state index in [-0.39, 0.29) is 5.91 Å². The molecule has 1 aromatic carbocycles. The van der Waals surface area contributed by atoms with Gasteiger partial charge in [0.05, 0.1) is 0 Å². The summed E-state index contributed by atoms with van der Waals surface area (Å²) >= 11 is 0. The molecule has 0 heterocycles. The fraction of sp³-hybridized carbons (Fsp3) is 0.467. The van der Waals surface area contributed by atoms with E-state index in [1.807, 2.05) is 30.3 Å². The summed E-state index contributed by atoms with van der Waals surface area (Å²) in [5.41, 5.74) is -0.0463. The first kappa shape index (κ1) is 13.6. The zero-order chi connectivity index (χ0) is 13.7. The van der Waals surface area contributed by atoms with Crippen LogP contribution in [0.4, 0.5) is 0 Å². The maximum atomic E-state index is 12.1. The number of carbonyl (C=O) groups is 2. The van der Waals surface area contributed by atoms with Crippen LogP contribution in [0.3, 0.4) is 0 Å². The minimum absolute atomic E-state index is 0.326. The molecule has 1 amide bonds. The molecule has 1 saturated carbocycles. The summed E-state index contributed by atoms with van der Waals surface area (Å²) in [6.07, 6.45) is 3.28. The van der Waals surface area contributed by atoms with E-state index in [4.69, 9.17) is 0 Å². The molecule has 0 saturated heterocycles. The molecule has 0 radical (unpaired) electrons. The Balaban J connectivity index is 1.88. The molecule has 1 aliphatic carbocycles. The molecule has 0 bridgehead atoms. The van der Waals surface area contributed by atoms with E-state index in [1.54, 1.807) is 0 Å². The Labute approximate surface area is 112 Å². The van der Waals surface area contributed by atoms with E-state index in [2.05, 4.69) is 5.32 Å². The normalized spacial score (nSPS) is 17.1. The van der Waals surface area contributed by atoms with Gasteiger partial charge in [0.15, 0.2) is 0 Å². The summed E-state index contributed by atoms with van der Waals surface area (Å²) in [4.78, 5) is 23.4. The molecule has 0 atom stereocenters. The number of rotatable bonds is 5. The molecule has 0 unspecified atom stereocenters. The third kappa shape index (κ3) is 2.95. The fourth-order valence-electron chi connectivity index (χ4n) is 2.65. The van der Waals surface area contributed by atoms with Crippen LogP contribution in [0, 0.1) is 5.41 Å². The smallest absolute Gasteiger partial charge is 0.319 e.